The minimum Gasteiger partial charge on any atom is -0.748 e. The van der Waals surface area contributed by atoms with Gasteiger partial charge in [-0.2, -0.15) is 0 Å². The molecule has 0 amide bonds. The molecule has 0 aliphatic carbocycles. The van der Waals surface area contributed by atoms with Crippen molar-refractivity contribution in [1.82, 2.24) is 0 Å². The van der Waals surface area contributed by atoms with E-state index in [0.29, 0.717) is 11.5 Å². The molecule has 0 radical (unpaired) electrons. The summed E-state index contributed by atoms with van der Waals surface area (Å²) >= 11 is 0. The first kappa shape index (κ1) is 25.5. The molecule has 0 saturated carbocycles. The summed E-state index contributed by atoms with van der Waals surface area (Å²) in [6.45, 7) is 0. The summed E-state index contributed by atoms with van der Waals surface area (Å²) in [6, 6.07) is 0. The summed E-state index contributed by atoms with van der Waals surface area (Å²) < 4.78 is 64.0. The Morgan fingerprint density at radius 1 is 0.800 bits per heavy atom. The van der Waals surface area contributed by atoms with E-state index in [-0.39, 0.29) is 69.6 Å². The van der Waals surface area contributed by atoms with Gasteiger partial charge in [0.15, 0.2) is 0 Å². The third kappa shape index (κ3) is 13.6. The van der Waals surface area contributed by atoms with Crippen LogP contribution in [0.2, 0.25) is 0 Å². The number of rotatable bonds is 4. The van der Waals surface area contributed by atoms with Gasteiger partial charge in [-0.25, -0.2) is 16.8 Å². The molecule has 0 spiro atoms. The van der Waals surface area contributed by atoms with Gasteiger partial charge in [0.05, 0.1) is 31.7 Å². The maximum absolute atomic E-state index is 10.7. The van der Waals surface area contributed by atoms with Crippen LogP contribution in [0.5, 0.6) is 0 Å². The Bertz CT molecular complexity index is 422. The summed E-state index contributed by atoms with van der Waals surface area (Å²) in [5.41, 5.74) is 0. The maximum atomic E-state index is 10.7. The van der Waals surface area contributed by atoms with Crippen molar-refractivity contribution in [2.24, 2.45) is 0 Å². The molecular formula is C6H10Na2O6S6. The average molecular weight is 417 g/mol. The van der Waals surface area contributed by atoms with Crippen LogP contribution < -0.4 is 59.1 Å². The molecule has 0 aromatic rings. The number of hydrogen-bond acceptors (Lipinski definition) is 10. The molecule has 1 aliphatic heterocycles. The Morgan fingerprint density at radius 2 is 1.10 bits per heavy atom. The zero-order valence-corrected chi connectivity index (χ0v) is 19.8. The van der Waals surface area contributed by atoms with E-state index in [1.165, 1.54) is 43.2 Å². The maximum Gasteiger partial charge on any atom is 1.00 e. The summed E-state index contributed by atoms with van der Waals surface area (Å²) in [6.07, 6.45) is 0. The molecule has 20 heavy (non-hydrogen) atoms. The zero-order valence-electron chi connectivity index (χ0n) is 10.9. The predicted octanol–water partition coefficient (Wildman–Crippen LogP) is -5.40. The molecule has 14 heteroatoms. The Labute approximate surface area is 179 Å². The van der Waals surface area contributed by atoms with Crippen LogP contribution in [0.3, 0.4) is 0 Å². The predicted molar refractivity (Wildman–Crippen MR) is 76.8 cm³/mol. The standard InChI is InChI=1S/C6H12O6S6.2Na/c7-17(8,9)3-5-1-13-14-2-6(16-15-5)4-18(10,11)12;;/h5-6H,1-4H2,(H,7,8,9)(H,10,11,12);;/q;2*+1/p-2. The first-order valence-electron chi connectivity index (χ1n) is 4.59. The molecule has 108 valence electrons. The Balaban J connectivity index is 0. The van der Waals surface area contributed by atoms with Crippen LogP contribution in [-0.4, -0.2) is 59.5 Å². The van der Waals surface area contributed by atoms with Gasteiger partial charge >= 0.3 is 59.1 Å². The van der Waals surface area contributed by atoms with Crippen LogP contribution >= 0.6 is 43.2 Å². The molecule has 1 heterocycles. The van der Waals surface area contributed by atoms with Crippen molar-refractivity contribution in [2.75, 3.05) is 23.0 Å². The monoisotopic (exact) mass is 416 g/mol. The van der Waals surface area contributed by atoms with Crippen LogP contribution in [-0.2, 0) is 20.2 Å². The van der Waals surface area contributed by atoms with Gasteiger partial charge in [0.2, 0.25) is 0 Å². The van der Waals surface area contributed by atoms with Gasteiger partial charge in [-0.3, -0.25) is 0 Å². The van der Waals surface area contributed by atoms with E-state index < -0.39 is 31.7 Å². The van der Waals surface area contributed by atoms with E-state index in [9.17, 15) is 25.9 Å². The van der Waals surface area contributed by atoms with E-state index in [1.807, 2.05) is 0 Å². The molecule has 1 saturated heterocycles. The SMILES string of the molecule is O=S(=O)([O-])CC1CSSCC(CS(=O)(=O)[O-])SS1.[Na+].[Na+]. The van der Waals surface area contributed by atoms with Gasteiger partial charge in [-0.05, 0) is 0 Å². The van der Waals surface area contributed by atoms with E-state index in [0.717, 1.165) is 0 Å². The molecule has 1 fully saturated rings. The fourth-order valence-corrected chi connectivity index (χ4v) is 10.9. The normalized spacial score (nSPS) is 24.7. The van der Waals surface area contributed by atoms with Crippen molar-refractivity contribution < 1.29 is 85.1 Å². The molecule has 2 unspecified atom stereocenters. The number of hydrogen-bond donors (Lipinski definition) is 0. The summed E-state index contributed by atoms with van der Waals surface area (Å²) in [7, 11) is -3.46. The second-order valence-corrected chi connectivity index (χ2v) is 11.8. The molecule has 1 aliphatic rings. The molecule has 0 aromatic carbocycles. The molecule has 2 atom stereocenters. The van der Waals surface area contributed by atoms with Crippen molar-refractivity contribution in [1.29, 1.82) is 0 Å². The van der Waals surface area contributed by atoms with Crippen molar-refractivity contribution in [3.63, 3.8) is 0 Å². The molecule has 0 aromatic heterocycles. The van der Waals surface area contributed by atoms with E-state index in [1.54, 1.807) is 0 Å². The Kier molecular flexibility index (Phi) is 14.9. The first-order valence-corrected chi connectivity index (χ1v) is 12.5. The van der Waals surface area contributed by atoms with Gasteiger partial charge in [0.25, 0.3) is 0 Å². The third-order valence-electron chi connectivity index (χ3n) is 1.70. The summed E-state index contributed by atoms with van der Waals surface area (Å²) in [5.74, 6) is 0.0471. The molecule has 6 nitrogen and oxygen atoms in total. The topological polar surface area (TPSA) is 114 Å². The van der Waals surface area contributed by atoms with Crippen LogP contribution in [0.1, 0.15) is 0 Å². The Hall–Kier alpha value is 3.22. The third-order valence-corrected chi connectivity index (χ3v) is 10.0. The minimum atomic E-state index is -4.29. The molecule has 0 N–H and O–H groups in total. The molecule has 1 rings (SSSR count). The van der Waals surface area contributed by atoms with Gasteiger partial charge in [-0.15, -0.1) is 0 Å². The minimum absolute atomic E-state index is 0. The Morgan fingerprint density at radius 3 is 1.35 bits per heavy atom. The molecular weight excluding hydrogens is 406 g/mol. The fourth-order valence-electron chi connectivity index (χ4n) is 1.07. The molecule has 0 bridgehead atoms. The smallest absolute Gasteiger partial charge is 0.748 e. The van der Waals surface area contributed by atoms with Crippen LogP contribution in [0.15, 0.2) is 0 Å². The van der Waals surface area contributed by atoms with Crippen molar-refractivity contribution in [3.05, 3.63) is 0 Å². The average Bonchev–Trinajstić information content (AvgIpc) is 2.12. The van der Waals surface area contributed by atoms with E-state index in [2.05, 4.69) is 0 Å². The van der Waals surface area contributed by atoms with Crippen molar-refractivity contribution in [2.45, 2.75) is 10.5 Å². The second-order valence-electron chi connectivity index (χ2n) is 3.45. The van der Waals surface area contributed by atoms with Crippen molar-refractivity contribution >= 4 is 63.4 Å². The fraction of sp³-hybridized carbons (Fsp3) is 1.00. The van der Waals surface area contributed by atoms with Crippen molar-refractivity contribution in [3.8, 4) is 0 Å². The van der Waals surface area contributed by atoms with Gasteiger partial charge in [0.1, 0.15) is 0 Å². The second kappa shape index (κ2) is 11.7. The van der Waals surface area contributed by atoms with Crippen LogP contribution in [0.4, 0.5) is 0 Å². The van der Waals surface area contributed by atoms with Gasteiger partial charge in [0, 0.05) is 22.0 Å². The summed E-state index contributed by atoms with van der Waals surface area (Å²) in [4.78, 5) is 0. The first-order chi connectivity index (χ1) is 8.16. The van der Waals surface area contributed by atoms with Crippen LogP contribution in [0, 0.1) is 0 Å². The van der Waals surface area contributed by atoms with E-state index in [4.69, 9.17) is 0 Å². The van der Waals surface area contributed by atoms with Gasteiger partial charge in [-0.1, -0.05) is 43.2 Å². The summed E-state index contributed by atoms with van der Waals surface area (Å²) in [5, 5.41) is -0.765. The quantitative estimate of drug-likeness (QED) is 0.250. The largest absolute Gasteiger partial charge is 1.00 e. The van der Waals surface area contributed by atoms with Crippen LogP contribution in [0.25, 0.3) is 0 Å². The van der Waals surface area contributed by atoms with E-state index >= 15 is 0 Å². The van der Waals surface area contributed by atoms with Gasteiger partial charge < -0.3 is 9.11 Å². The zero-order chi connectivity index (χ0) is 13.8.